The fourth-order valence-electron chi connectivity index (χ4n) is 5.66. The Kier molecular flexibility index (Phi) is 3.80. The number of halogens is 1. The first kappa shape index (κ1) is 14.7. The molecular formula is C19H23BrO2. The molecule has 0 spiro atoms. The van der Waals surface area contributed by atoms with Crippen molar-refractivity contribution < 1.29 is 9.53 Å². The normalized spacial score (nSPS) is 35.6. The van der Waals surface area contributed by atoms with E-state index < -0.39 is 0 Å². The lowest BCUT2D eigenvalue weighted by Gasteiger charge is -2.57. The molecule has 2 nitrogen and oxygen atoms in total. The summed E-state index contributed by atoms with van der Waals surface area (Å²) in [6.07, 6.45) is 9.62. The zero-order valence-corrected chi connectivity index (χ0v) is 14.5. The molecule has 0 aromatic heterocycles. The van der Waals surface area contributed by atoms with Crippen LogP contribution in [-0.4, -0.2) is 12.6 Å². The van der Waals surface area contributed by atoms with Crippen LogP contribution in [0.4, 0.5) is 0 Å². The number of rotatable bonds is 4. The van der Waals surface area contributed by atoms with E-state index >= 15 is 0 Å². The molecule has 4 aliphatic carbocycles. The third-order valence-electron chi connectivity index (χ3n) is 6.09. The maximum Gasteiger partial charge on any atom is 0.338 e. The number of carbonyl (C=O) groups excluding carboxylic acids is 1. The van der Waals surface area contributed by atoms with Gasteiger partial charge in [-0.1, -0.05) is 22.0 Å². The van der Waals surface area contributed by atoms with Crippen LogP contribution in [0.25, 0.3) is 0 Å². The van der Waals surface area contributed by atoms with E-state index in [9.17, 15) is 4.79 Å². The van der Waals surface area contributed by atoms with Crippen molar-refractivity contribution in [2.45, 2.75) is 44.9 Å². The zero-order valence-electron chi connectivity index (χ0n) is 12.9. The van der Waals surface area contributed by atoms with E-state index in [-0.39, 0.29) is 5.97 Å². The van der Waals surface area contributed by atoms with Gasteiger partial charge in [-0.3, -0.25) is 0 Å². The lowest BCUT2D eigenvalue weighted by Crippen LogP contribution is -2.46. The fourth-order valence-corrected chi connectivity index (χ4v) is 6.05. The number of carbonyl (C=O) groups is 1. The van der Waals surface area contributed by atoms with Crippen molar-refractivity contribution in [2.75, 3.05) is 6.61 Å². The molecule has 0 aliphatic heterocycles. The maximum absolute atomic E-state index is 12.1. The quantitative estimate of drug-likeness (QED) is 0.687. The smallest absolute Gasteiger partial charge is 0.338 e. The lowest BCUT2D eigenvalue weighted by molar-refractivity contribution is -0.0653. The van der Waals surface area contributed by atoms with E-state index in [1.165, 1.54) is 38.5 Å². The van der Waals surface area contributed by atoms with Gasteiger partial charge in [0.15, 0.2) is 0 Å². The Hall–Kier alpha value is -0.830. The van der Waals surface area contributed by atoms with E-state index in [2.05, 4.69) is 15.9 Å². The van der Waals surface area contributed by atoms with Gasteiger partial charge in [-0.25, -0.2) is 4.79 Å². The van der Waals surface area contributed by atoms with E-state index in [0.29, 0.717) is 17.6 Å². The third-order valence-corrected chi connectivity index (χ3v) is 6.58. The second-order valence-corrected chi connectivity index (χ2v) is 8.73. The van der Waals surface area contributed by atoms with Crippen molar-refractivity contribution in [1.82, 2.24) is 0 Å². The van der Waals surface area contributed by atoms with Gasteiger partial charge in [-0.2, -0.15) is 0 Å². The topological polar surface area (TPSA) is 26.3 Å². The highest BCUT2D eigenvalue weighted by Gasteiger charge is 2.50. The Bertz CT molecular complexity index is 545. The highest BCUT2D eigenvalue weighted by Crippen LogP contribution is 2.61. The van der Waals surface area contributed by atoms with Crippen LogP contribution in [-0.2, 0) is 4.74 Å². The second-order valence-electron chi connectivity index (χ2n) is 7.81. The summed E-state index contributed by atoms with van der Waals surface area (Å²) in [6.45, 7) is 0.581. The summed E-state index contributed by atoms with van der Waals surface area (Å²) in [6, 6.07) is 7.44. The molecule has 4 aliphatic rings. The molecule has 0 unspecified atom stereocenters. The Balaban J connectivity index is 1.34. The molecule has 4 bridgehead atoms. The average Bonchev–Trinajstić information content (AvgIpc) is 2.45. The molecule has 0 radical (unpaired) electrons. The van der Waals surface area contributed by atoms with Crippen molar-refractivity contribution in [1.29, 1.82) is 0 Å². The fraction of sp³-hybridized carbons (Fsp3) is 0.632. The summed E-state index contributed by atoms with van der Waals surface area (Å²) in [5.41, 5.74) is 1.13. The highest BCUT2D eigenvalue weighted by atomic mass is 79.9. The molecule has 118 valence electrons. The zero-order chi connectivity index (χ0) is 15.2. The van der Waals surface area contributed by atoms with Gasteiger partial charge in [0.25, 0.3) is 0 Å². The van der Waals surface area contributed by atoms with E-state index in [4.69, 9.17) is 4.74 Å². The number of hydrogen-bond acceptors (Lipinski definition) is 2. The predicted molar refractivity (Wildman–Crippen MR) is 89.6 cm³/mol. The molecule has 0 amide bonds. The van der Waals surface area contributed by atoms with Crippen molar-refractivity contribution in [3.8, 4) is 0 Å². The summed E-state index contributed by atoms with van der Waals surface area (Å²) >= 11 is 3.40. The first-order valence-corrected chi connectivity index (χ1v) is 9.34. The van der Waals surface area contributed by atoms with E-state index in [1.807, 2.05) is 24.3 Å². The summed E-state index contributed by atoms with van der Waals surface area (Å²) < 4.78 is 6.48. The van der Waals surface area contributed by atoms with Crippen LogP contribution in [0.3, 0.4) is 0 Å². The molecule has 0 heterocycles. The van der Waals surface area contributed by atoms with Gasteiger partial charge in [-0.15, -0.1) is 0 Å². The standard InChI is InChI=1S/C19H23BrO2/c20-17-3-1-2-16(9-17)18(21)22-5-4-19-10-13-6-14(11-19)8-15(7-13)12-19/h1-3,9,13-15H,4-8,10-12H2. The number of benzene rings is 1. The molecule has 0 N–H and O–H groups in total. The summed E-state index contributed by atoms with van der Waals surface area (Å²) in [5, 5.41) is 0. The molecule has 4 saturated carbocycles. The number of ether oxygens (including phenoxy) is 1. The molecule has 5 rings (SSSR count). The Morgan fingerprint density at radius 2 is 1.77 bits per heavy atom. The SMILES string of the molecule is O=C(OCCC12CC3CC(CC(C3)C1)C2)c1cccc(Br)c1. The third kappa shape index (κ3) is 2.84. The Morgan fingerprint density at radius 3 is 2.36 bits per heavy atom. The van der Waals surface area contributed by atoms with Crippen LogP contribution in [0.2, 0.25) is 0 Å². The highest BCUT2D eigenvalue weighted by molar-refractivity contribution is 9.10. The van der Waals surface area contributed by atoms with E-state index in [1.54, 1.807) is 0 Å². The number of hydrogen-bond donors (Lipinski definition) is 0. The number of esters is 1. The van der Waals surface area contributed by atoms with Crippen LogP contribution in [0.15, 0.2) is 28.7 Å². The second kappa shape index (κ2) is 5.67. The van der Waals surface area contributed by atoms with Crippen LogP contribution in [0.1, 0.15) is 55.3 Å². The molecule has 0 atom stereocenters. The molecule has 1 aromatic rings. The maximum atomic E-state index is 12.1. The summed E-state index contributed by atoms with van der Waals surface area (Å²) in [5.74, 6) is 2.71. The first-order chi connectivity index (χ1) is 10.6. The van der Waals surface area contributed by atoms with Crippen molar-refractivity contribution in [3.05, 3.63) is 34.3 Å². The Morgan fingerprint density at radius 1 is 1.14 bits per heavy atom. The van der Waals surface area contributed by atoms with Crippen molar-refractivity contribution in [2.24, 2.45) is 23.2 Å². The van der Waals surface area contributed by atoms with Crippen LogP contribution in [0.5, 0.6) is 0 Å². The van der Waals surface area contributed by atoms with Crippen molar-refractivity contribution >= 4 is 21.9 Å². The van der Waals surface area contributed by atoms with Crippen LogP contribution in [0, 0.1) is 23.2 Å². The molecular weight excluding hydrogens is 340 g/mol. The van der Waals surface area contributed by atoms with Gasteiger partial charge in [0, 0.05) is 4.47 Å². The minimum Gasteiger partial charge on any atom is -0.462 e. The van der Waals surface area contributed by atoms with Gasteiger partial charge in [0.1, 0.15) is 0 Å². The van der Waals surface area contributed by atoms with Gasteiger partial charge in [0.05, 0.1) is 12.2 Å². The lowest BCUT2D eigenvalue weighted by atomic mass is 9.49. The van der Waals surface area contributed by atoms with Gasteiger partial charge in [0.2, 0.25) is 0 Å². The monoisotopic (exact) mass is 362 g/mol. The first-order valence-electron chi connectivity index (χ1n) is 8.55. The molecule has 1 aromatic carbocycles. The molecule has 4 fully saturated rings. The molecule has 3 heteroatoms. The van der Waals surface area contributed by atoms with Gasteiger partial charge in [-0.05, 0) is 86.3 Å². The van der Waals surface area contributed by atoms with Crippen LogP contribution >= 0.6 is 15.9 Å². The largest absolute Gasteiger partial charge is 0.462 e. The van der Waals surface area contributed by atoms with Crippen LogP contribution < -0.4 is 0 Å². The van der Waals surface area contributed by atoms with Gasteiger partial charge < -0.3 is 4.74 Å². The Labute approximate surface area is 140 Å². The summed E-state index contributed by atoms with van der Waals surface area (Å²) in [7, 11) is 0. The predicted octanol–water partition coefficient (Wildman–Crippen LogP) is 5.21. The van der Waals surface area contributed by atoms with E-state index in [0.717, 1.165) is 28.6 Å². The average molecular weight is 363 g/mol. The molecule has 0 saturated heterocycles. The molecule has 22 heavy (non-hydrogen) atoms. The minimum absolute atomic E-state index is 0.189. The minimum atomic E-state index is -0.189. The summed E-state index contributed by atoms with van der Waals surface area (Å²) in [4.78, 5) is 12.1. The van der Waals surface area contributed by atoms with Gasteiger partial charge >= 0.3 is 5.97 Å². The van der Waals surface area contributed by atoms with Crippen molar-refractivity contribution in [3.63, 3.8) is 0 Å².